The Morgan fingerprint density at radius 3 is 2.05 bits per heavy atom. The molecule has 0 N–H and O–H groups in total. The van der Waals surface area contributed by atoms with Crippen LogP contribution >= 0.6 is 0 Å². The van der Waals surface area contributed by atoms with Crippen LogP contribution in [0.25, 0.3) is 0 Å². The highest BCUT2D eigenvalue weighted by Crippen LogP contribution is 2.33. The number of benzene rings is 1. The summed E-state index contributed by atoms with van der Waals surface area (Å²) in [5.74, 6) is 0.776. The summed E-state index contributed by atoms with van der Waals surface area (Å²) in [5, 5.41) is 0. The molecule has 0 aliphatic rings. The number of ether oxygens (including phenoxy) is 2. The third-order valence-electron chi connectivity index (χ3n) is 2.96. The van der Waals surface area contributed by atoms with Gasteiger partial charge in [-0.3, -0.25) is 0 Å². The molecule has 0 unspecified atom stereocenters. The molecule has 1 rings (SSSR count). The Hall–Kier alpha value is -1.79. The molecule has 0 fully saturated rings. The van der Waals surface area contributed by atoms with Gasteiger partial charge in [0.15, 0.2) is 0 Å². The molecule has 0 amide bonds. The van der Waals surface area contributed by atoms with Gasteiger partial charge in [-0.25, -0.2) is 8.42 Å². The van der Waals surface area contributed by atoms with E-state index in [2.05, 4.69) is 13.2 Å². The van der Waals surface area contributed by atoms with Gasteiger partial charge in [0.05, 0.1) is 14.2 Å². The molecule has 116 valence electrons. The van der Waals surface area contributed by atoms with Crippen molar-refractivity contribution in [1.29, 1.82) is 0 Å². The van der Waals surface area contributed by atoms with Crippen LogP contribution < -0.4 is 9.47 Å². The minimum atomic E-state index is -3.73. The van der Waals surface area contributed by atoms with Gasteiger partial charge in [-0.15, -0.1) is 13.2 Å². The van der Waals surface area contributed by atoms with E-state index in [0.29, 0.717) is 5.75 Å². The zero-order valence-electron chi connectivity index (χ0n) is 12.6. The zero-order chi connectivity index (χ0) is 16.0. The van der Waals surface area contributed by atoms with Gasteiger partial charge in [-0.1, -0.05) is 12.2 Å². The van der Waals surface area contributed by atoms with Gasteiger partial charge < -0.3 is 9.47 Å². The van der Waals surface area contributed by atoms with Gasteiger partial charge in [-0.2, -0.15) is 4.31 Å². The summed E-state index contributed by atoms with van der Waals surface area (Å²) in [4.78, 5) is 0.0659. The Morgan fingerprint density at radius 1 is 1.10 bits per heavy atom. The van der Waals surface area contributed by atoms with Crippen molar-refractivity contribution in [3.63, 3.8) is 0 Å². The van der Waals surface area contributed by atoms with Gasteiger partial charge in [-0.05, 0) is 18.6 Å². The van der Waals surface area contributed by atoms with Gasteiger partial charge >= 0.3 is 0 Å². The molecule has 21 heavy (non-hydrogen) atoms. The number of rotatable bonds is 8. The molecule has 1 aromatic rings. The Bertz CT molecular complexity index is 613. The SMILES string of the molecule is C=CCN(CC=C)S(=O)(=O)c1cc(OC)c(C)cc1OC. The smallest absolute Gasteiger partial charge is 0.247 e. The molecule has 0 aromatic heterocycles. The molecule has 0 spiro atoms. The van der Waals surface area contributed by atoms with E-state index in [1.165, 1.54) is 36.7 Å². The lowest BCUT2D eigenvalue weighted by molar-refractivity contribution is 0.386. The van der Waals surface area contributed by atoms with Crippen molar-refractivity contribution in [2.75, 3.05) is 27.3 Å². The molecule has 0 radical (unpaired) electrons. The number of hydrogen-bond acceptors (Lipinski definition) is 4. The van der Waals surface area contributed by atoms with Gasteiger partial charge in [0, 0.05) is 19.2 Å². The van der Waals surface area contributed by atoms with Crippen LogP contribution in [0.3, 0.4) is 0 Å². The molecule has 0 bridgehead atoms. The standard InChI is InChI=1S/C15H21NO4S/c1-6-8-16(9-7-2)21(17,18)15-11-13(19-4)12(3)10-14(15)20-5/h6-7,10-11H,1-2,8-9H2,3-5H3. The van der Waals surface area contributed by atoms with E-state index in [0.717, 1.165) is 5.56 Å². The van der Waals surface area contributed by atoms with Crippen LogP contribution in [-0.2, 0) is 10.0 Å². The molecule has 0 heterocycles. The summed E-state index contributed by atoms with van der Waals surface area (Å²) in [6, 6.07) is 3.12. The number of hydrogen-bond donors (Lipinski definition) is 0. The largest absolute Gasteiger partial charge is 0.496 e. The average Bonchev–Trinajstić information content (AvgIpc) is 2.46. The third-order valence-corrected chi connectivity index (χ3v) is 4.82. The molecule has 0 saturated heterocycles. The Balaban J connectivity index is 3.47. The first-order valence-corrected chi connectivity index (χ1v) is 7.80. The van der Waals surface area contributed by atoms with Crippen LogP contribution in [0.4, 0.5) is 0 Å². The summed E-state index contributed by atoms with van der Waals surface area (Å²) in [6.07, 6.45) is 3.05. The Morgan fingerprint density at radius 2 is 1.62 bits per heavy atom. The molecule has 0 atom stereocenters. The molecule has 0 aliphatic heterocycles. The predicted octanol–water partition coefficient (Wildman–Crippen LogP) is 2.37. The molecule has 1 aromatic carbocycles. The maximum atomic E-state index is 12.8. The summed E-state index contributed by atoms with van der Waals surface area (Å²) in [6.45, 7) is 9.37. The van der Waals surface area contributed by atoms with Crippen molar-refractivity contribution < 1.29 is 17.9 Å². The summed E-state index contributed by atoms with van der Waals surface area (Å²) in [7, 11) is -0.799. The van der Waals surface area contributed by atoms with E-state index in [1.54, 1.807) is 6.07 Å². The molecule has 5 nitrogen and oxygen atoms in total. The highest BCUT2D eigenvalue weighted by molar-refractivity contribution is 7.89. The predicted molar refractivity (Wildman–Crippen MR) is 83.4 cm³/mol. The fraction of sp³-hybridized carbons (Fsp3) is 0.333. The van der Waals surface area contributed by atoms with Gasteiger partial charge in [0.1, 0.15) is 16.4 Å². The highest BCUT2D eigenvalue weighted by Gasteiger charge is 2.27. The second-order valence-electron chi connectivity index (χ2n) is 4.37. The van der Waals surface area contributed by atoms with Crippen LogP contribution in [0, 0.1) is 6.92 Å². The lowest BCUT2D eigenvalue weighted by atomic mass is 10.2. The normalized spacial score (nSPS) is 11.2. The monoisotopic (exact) mass is 311 g/mol. The van der Waals surface area contributed by atoms with Crippen LogP contribution in [-0.4, -0.2) is 40.0 Å². The molecular weight excluding hydrogens is 290 g/mol. The number of nitrogens with zero attached hydrogens (tertiary/aromatic N) is 1. The third kappa shape index (κ3) is 3.65. The highest BCUT2D eigenvalue weighted by atomic mass is 32.2. The van der Waals surface area contributed by atoms with Crippen molar-refractivity contribution in [2.45, 2.75) is 11.8 Å². The fourth-order valence-electron chi connectivity index (χ4n) is 1.92. The van der Waals surface area contributed by atoms with Crippen molar-refractivity contribution in [2.24, 2.45) is 0 Å². The zero-order valence-corrected chi connectivity index (χ0v) is 13.4. The van der Waals surface area contributed by atoms with Gasteiger partial charge in [0.2, 0.25) is 10.0 Å². The van der Waals surface area contributed by atoms with Crippen LogP contribution in [0.15, 0.2) is 42.3 Å². The molecule has 6 heteroatoms. The number of sulfonamides is 1. The van der Waals surface area contributed by atoms with Crippen LogP contribution in [0.2, 0.25) is 0 Å². The van der Waals surface area contributed by atoms with E-state index in [9.17, 15) is 8.42 Å². The van der Waals surface area contributed by atoms with Crippen molar-refractivity contribution >= 4 is 10.0 Å². The van der Waals surface area contributed by atoms with E-state index in [1.807, 2.05) is 6.92 Å². The summed E-state index contributed by atoms with van der Waals surface area (Å²) < 4.78 is 37.2. The van der Waals surface area contributed by atoms with Crippen LogP contribution in [0.5, 0.6) is 11.5 Å². The first-order chi connectivity index (χ1) is 9.92. The first kappa shape index (κ1) is 17.3. The van der Waals surface area contributed by atoms with Crippen molar-refractivity contribution in [3.8, 4) is 11.5 Å². The maximum Gasteiger partial charge on any atom is 0.247 e. The minimum Gasteiger partial charge on any atom is -0.496 e. The van der Waals surface area contributed by atoms with Gasteiger partial charge in [0.25, 0.3) is 0 Å². The van der Waals surface area contributed by atoms with Crippen molar-refractivity contribution in [1.82, 2.24) is 4.31 Å². The molecular formula is C15H21NO4S. The minimum absolute atomic E-state index is 0.0659. The molecule has 0 saturated carbocycles. The van der Waals surface area contributed by atoms with E-state index < -0.39 is 10.0 Å². The Kier molecular flexibility index (Phi) is 5.99. The number of aryl methyl sites for hydroxylation is 1. The lowest BCUT2D eigenvalue weighted by Gasteiger charge is -2.21. The first-order valence-electron chi connectivity index (χ1n) is 6.36. The molecule has 0 aliphatic carbocycles. The maximum absolute atomic E-state index is 12.8. The lowest BCUT2D eigenvalue weighted by Crippen LogP contribution is -2.31. The van der Waals surface area contributed by atoms with E-state index in [-0.39, 0.29) is 23.7 Å². The number of methoxy groups -OCH3 is 2. The average molecular weight is 311 g/mol. The van der Waals surface area contributed by atoms with E-state index in [4.69, 9.17) is 9.47 Å². The summed E-state index contributed by atoms with van der Waals surface area (Å²) >= 11 is 0. The Labute approximate surface area is 126 Å². The quantitative estimate of drug-likeness (QED) is 0.692. The second kappa shape index (κ2) is 7.28. The summed E-state index contributed by atoms with van der Waals surface area (Å²) in [5.41, 5.74) is 0.798. The van der Waals surface area contributed by atoms with Crippen LogP contribution in [0.1, 0.15) is 5.56 Å². The second-order valence-corrected chi connectivity index (χ2v) is 6.28. The fourth-order valence-corrected chi connectivity index (χ4v) is 3.46. The topological polar surface area (TPSA) is 55.8 Å². The van der Waals surface area contributed by atoms with E-state index >= 15 is 0 Å². The van der Waals surface area contributed by atoms with Crippen molar-refractivity contribution in [3.05, 3.63) is 43.0 Å².